The van der Waals surface area contributed by atoms with Crippen molar-refractivity contribution in [3.8, 4) is 5.75 Å². The van der Waals surface area contributed by atoms with Crippen LogP contribution in [0.5, 0.6) is 5.75 Å². The van der Waals surface area contributed by atoms with Crippen LogP contribution in [0.1, 0.15) is 38.4 Å². The van der Waals surface area contributed by atoms with E-state index in [9.17, 15) is 57.1 Å². The molecule has 15 heteroatoms. The van der Waals surface area contributed by atoms with Crippen molar-refractivity contribution >= 4 is 0 Å². The fraction of sp³-hybridized carbons (Fsp3) is 0.684. The van der Waals surface area contributed by atoms with Gasteiger partial charge in [0.05, 0.1) is 12.2 Å². The lowest BCUT2D eigenvalue weighted by atomic mass is 9.90. The van der Waals surface area contributed by atoms with Crippen molar-refractivity contribution in [2.45, 2.75) is 74.7 Å². The van der Waals surface area contributed by atoms with Crippen LogP contribution in [0.15, 0.2) is 24.3 Å². The highest BCUT2D eigenvalue weighted by atomic mass is 19.4. The van der Waals surface area contributed by atoms with Gasteiger partial charge >= 0.3 is 35.8 Å². The molecular formula is C19H19F13O2. The zero-order valence-corrected chi connectivity index (χ0v) is 17.6. The lowest BCUT2D eigenvalue weighted by molar-refractivity contribution is -0.440. The highest BCUT2D eigenvalue weighted by Gasteiger charge is 2.90. The number of ether oxygens (including phenoxy) is 2. The Morgan fingerprint density at radius 1 is 0.706 bits per heavy atom. The van der Waals surface area contributed by atoms with Crippen molar-refractivity contribution in [1.82, 2.24) is 0 Å². The Balaban J connectivity index is 3.30. The molecule has 0 aliphatic carbocycles. The second-order valence-electron chi connectivity index (χ2n) is 7.33. The Morgan fingerprint density at radius 3 is 1.53 bits per heavy atom. The fourth-order valence-electron chi connectivity index (χ4n) is 2.58. The van der Waals surface area contributed by atoms with Crippen LogP contribution in [-0.2, 0) is 4.74 Å². The summed E-state index contributed by atoms with van der Waals surface area (Å²) < 4.78 is 182. The summed E-state index contributed by atoms with van der Waals surface area (Å²) in [6.07, 6.45) is -11.8. The van der Waals surface area contributed by atoms with Crippen LogP contribution in [0.25, 0.3) is 0 Å². The number of hydrogen-bond acceptors (Lipinski definition) is 2. The standard InChI is InChI=1S/C19H19F13O2/c1-4-10(2)34-12-7-5-11(6-8-12)13(33-3)9-14(20,21)15(22,23)16(24,25)17(26,27)18(28,29)19(30,31)32/h5-8,10,13H,4,9H2,1-3H3. The molecule has 0 aromatic heterocycles. The third kappa shape index (κ3) is 5.18. The molecule has 0 spiro atoms. The molecule has 1 aromatic carbocycles. The summed E-state index contributed by atoms with van der Waals surface area (Å²) in [6, 6.07) is 4.31. The summed E-state index contributed by atoms with van der Waals surface area (Å²) in [5.74, 6) is -36.9. The number of rotatable bonds is 11. The molecule has 0 aliphatic heterocycles. The highest BCUT2D eigenvalue weighted by molar-refractivity contribution is 5.29. The molecule has 0 N–H and O–H groups in total. The van der Waals surface area contributed by atoms with E-state index in [1.165, 1.54) is 0 Å². The first kappa shape index (κ1) is 30.1. The van der Waals surface area contributed by atoms with E-state index < -0.39 is 48.3 Å². The van der Waals surface area contributed by atoms with Crippen molar-refractivity contribution in [3.63, 3.8) is 0 Å². The van der Waals surface area contributed by atoms with Gasteiger partial charge in [-0.2, -0.15) is 57.1 Å². The summed E-state index contributed by atoms with van der Waals surface area (Å²) in [7, 11) is 0.660. The first-order valence-corrected chi connectivity index (χ1v) is 9.36. The summed E-state index contributed by atoms with van der Waals surface area (Å²) in [6.45, 7) is 3.44. The molecule has 2 nitrogen and oxygen atoms in total. The maximum absolute atomic E-state index is 14.1. The first-order chi connectivity index (χ1) is 15.1. The molecule has 0 saturated heterocycles. The second kappa shape index (κ2) is 9.61. The van der Waals surface area contributed by atoms with Crippen LogP contribution in [0.2, 0.25) is 0 Å². The molecule has 0 bridgehead atoms. The molecule has 0 saturated carbocycles. The van der Waals surface area contributed by atoms with Crippen LogP contribution in [0.3, 0.4) is 0 Å². The molecular weight excluding hydrogens is 507 g/mol. The minimum Gasteiger partial charge on any atom is -0.491 e. The van der Waals surface area contributed by atoms with Crippen molar-refractivity contribution in [3.05, 3.63) is 29.8 Å². The molecule has 2 unspecified atom stereocenters. The van der Waals surface area contributed by atoms with Crippen LogP contribution in [0.4, 0.5) is 57.1 Å². The van der Waals surface area contributed by atoms with E-state index in [0.717, 1.165) is 24.3 Å². The van der Waals surface area contributed by atoms with Gasteiger partial charge in [0.25, 0.3) is 0 Å². The SMILES string of the molecule is CCC(C)Oc1ccc(C(CC(F)(F)C(F)(F)C(F)(F)C(F)(F)C(F)(F)C(F)(F)F)OC)cc1. The Morgan fingerprint density at radius 2 is 1.15 bits per heavy atom. The maximum Gasteiger partial charge on any atom is 0.460 e. The Bertz CT molecular complexity index is 803. The Hall–Kier alpha value is -1.93. The molecule has 0 heterocycles. The number of hydrogen-bond donors (Lipinski definition) is 0. The zero-order valence-electron chi connectivity index (χ0n) is 17.6. The van der Waals surface area contributed by atoms with Gasteiger partial charge in [0.2, 0.25) is 0 Å². The van der Waals surface area contributed by atoms with E-state index in [-0.39, 0.29) is 17.4 Å². The van der Waals surface area contributed by atoms with Gasteiger partial charge in [-0.05, 0) is 31.0 Å². The molecule has 0 radical (unpaired) electrons. The molecule has 34 heavy (non-hydrogen) atoms. The van der Waals surface area contributed by atoms with E-state index in [1.807, 2.05) is 0 Å². The lowest BCUT2D eigenvalue weighted by Crippen LogP contribution is -2.70. The molecule has 2 atom stereocenters. The fourth-order valence-corrected chi connectivity index (χ4v) is 2.58. The number of methoxy groups -OCH3 is 1. The van der Waals surface area contributed by atoms with E-state index in [2.05, 4.69) is 4.74 Å². The van der Waals surface area contributed by atoms with Gasteiger partial charge in [-0.1, -0.05) is 19.1 Å². The van der Waals surface area contributed by atoms with Gasteiger partial charge in [0, 0.05) is 13.5 Å². The molecule has 198 valence electrons. The summed E-state index contributed by atoms with van der Waals surface area (Å²) in [5, 5.41) is 0. The van der Waals surface area contributed by atoms with Crippen LogP contribution >= 0.6 is 0 Å². The smallest absolute Gasteiger partial charge is 0.460 e. The average Bonchev–Trinajstić information content (AvgIpc) is 2.71. The van der Waals surface area contributed by atoms with E-state index >= 15 is 0 Å². The van der Waals surface area contributed by atoms with E-state index in [1.54, 1.807) is 13.8 Å². The quantitative estimate of drug-likeness (QED) is 0.276. The molecule has 0 fully saturated rings. The van der Waals surface area contributed by atoms with Gasteiger partial charge in [0.15, 0.2) is 0 Å². The third-order valence-electron chi connectivity index (χ3n) is 4.89. The van der Waals surface area contributed by atoms with Crippen molar-refractivity contribution < 1.29 is 66.5 Å². The van der Waals surface area contributed by atoms with Gasteiger partial charge in [-0.3, -0.25) is 0 Å². The van der Waals surface area contributed by atoms with Crippen LogP contribution in [-0.4, -0.2) is 49.0 Å². The van der Waals surface area contributed by atoms with Gasteiger partial charge in [-0.25, -0.2) is 0 Å². The van der Waals surface area contributed by atoms with Crippen molar-refractivity contribution in [2.75, 3.05) is 7.11 Å². The number of halogens is 13. The van der Waals surface area contributed by atoms with Crippen molar-refractivity contribution in [2.24, 2.45) is 0 Å². The largest absolute Gasteiger partial charge is 0.491 e. The second-order valence-corrected chi connectivity index (χ2v) is 7.33. The predicted molar refractivity (Wildman–Crippen MR) is 92.0 cm³/mol. The lowest BCUT2D eigenvalue weighted by Gasteiger charge is -2.40. The van der Waals surface area contributed by atoms with E-state index in [0.29, 0.717) is 13.5 Å². The normalized spacial score (nSPS) is 16.4. The van der Waals surface area contributed by atoms with Gasteiger partial charge < -0.3 is 9.47 Å². The first-order valence-electron chi connectivity index (χ1n) is 9.36. The maximum atomic E-state index is 14.1. The van der Waals surface area contributed by atoms with Crippen LogP contribution < -0.4 is 4.74 Å². The highest BCUT2D eigenvalue weighted by Crippen LogP contribution is 2.61. The number of benzene rings is 1. The molecule has 0 aliphatic rings. The average molecular weight is 526 g/mol. The predicted octanol–water partition coefficient (Wildman–Crippen LogP) is 7.68. The Labute approximate surface area is 185 Å². The summed E-state index contributed by atoms with van der Waals surface area (Å²) in [4.78, 5) is 0. The van der Waals surface area contributed by atoms with E-state index in [4.69, 9.17) is 4.74 Å². The third-order valence-corrected chi connectivity index (χ3v) is 4.89. The summed E-state index contributed by atoms with van der Waals surface area (Å²) >= 11 is 0. The Kier molecular flexibility index (Phi) is 8.51. The van der Waals surface area contributed by atoms with Crippen molar-refractivity contribution in [1.29, 1.82) is 0 Å². The molecule has 1 aromatic rings. The number of alkyl halides is 13. The monoisotopic (exact) mass is 526 g/mol. The molecule has 0 amide bonds. The minimum atomic E-state index is -7.93. The van der Waals surface area contributed by atoms with Gasteiger partial charge in [0.1, 0.15) is 5.75 Å². The molecule has 1 rings (SSSR count). The van der Waals surface area contributed by atoms with Gasteiger partial charge in [-0.15, -0.1) is 0 Å². The zero-order chi connectivity index (χ0) is 27.0. The van der Waals surface area contributed by atoms with Crippen LogP contribution in [0, 0.1) is 0 Å². The summed E-state index contributed by atoms with van der Waals surface area (Å²) in [5.41, 5.74) is -0.356. The topological polar surface area (TPSA) is 18.5 Å². The minimum absolute atomic E-state index is 0.186.